The van der Waals surface area contributed by atoms with E-state index in [-0.39, 0.29) is 35.7 Å². The topological polar surface area (TPSA) is 95.6 Å². The van der Waals surface area contributed by atoms with Gasteiger partial charge in [0.25, 0.3) is 0 Å². The molecule has 1 saturated heterocycles. The number of hydrogen-bond acceptors (Lipinski definition) is 4. The number of carbonyl (C=O) groups excluding carboxylic acids is 2. The van der Waals surface area contributed by atoms with Crippen molar-refractivity contribution >= 4 is 33.2 Å². The number of benzene rings is 3. The highest BCUT2D eigenvalue weighted by atomic mass is 32.2. The molecule has 1 fully saturated rings. The molecule has 3 aromatic rings. The zero-order valence-electron chi connectivity index (χ0n) is 20.7. The SMILES string of the molecule is CS(=O)(=O)Cc1ccccc1-c1ccc(N2CC[C@@H](NC(=O)Nc3ccc(C(F)(F)F)cc3F)C2=O)c(F)c1F. The number of anilines is 2. The van der Waals surface area contributed by atoms with Crippen molar-refractivity contribution in [3.05, 3.63) is 83.2 Å². The third-order valence-electron chi connectivity index (χ3n) is 6.13. The summed E-state index contributed by atoms with van der Waals surface area (Å²) < 4.78 is 106. The zero-order chi connectivity index (χ0) is 29.4. The predicted octanol–water partition coefficient (Wildman–Crippen LogP) is 5.26. The van der Waals surface area contributed by atoms with E-state index in [1.54, 1.807) is 6.07 Å². The summed E-state index contributed by atoms with van der Waals surface area (Å²) >= 11 is 0. The largest absolute Gasteiger partial charge is 0.416 e. The number of halogens is 6. The van der Waals surface area contributed by atoms with Crippen LogP contribution in [0.25, 0.3) is 11.1 Å². The molecule has 1 heterocycles. The molecule has 3 amide bonds. The minimum atomic E-state index is -4.78. The first-order valence-electron chi connectivity index (χ1n) is 11.7. The fraction of sp³-hybridized carbons (Fsp3) is 0.231. The maximum atomic E-state index is 15.2. The lowest BCUT2D eigenvalue weighted by Gasteiger charge is -2.20. The summed E-state index contributed by atoms with van der Waals surface area (Å²) in [7, 11) is -3.48. The van der Waals surface area contributed by atoms with Crippen LogP contribution in [0.5, 0.6) is 0 Å². The molecule has 0 aromatic heterocycles. The molecule has 0 spiro atoms. The molecule has 3 aromatic carbocycles. The van der Waals surface area contributed by atoms with Crippen molar-refractivity contribution in [3.63, 3.8) is 0 Å². The highest BCUT2D eigenvalue weighted by Gasteiger charge is 2.36. The molecule has 1 atom stereocenters. The van der Waals surface area contributed by atoms with Gasteiger partial charge in [0.15, 0.2) is 21.5 Å². The monoisotopic (exact) mass is 585 g/mol. The van der Waals surface area contributed by atoms with E-state index < -0.39 is 74.1 Å². The Morgan fingerprint density at radius 1 is 1.00 bits per heavy atom. The van der Waals surface area contributed by atoms with E-state index in [0.717, 1.165) is 17.2 Å². The van der Waals surface area contributed by atoms with Crippen LogP contribution < -0.4 is 15.5 Å². The summed E-state index contributed by atoms with van der Waals surface area (Å²) in [6.45, 7) is -0.112. The molecule has 4 rings (SSSR count). The number of rotatable bonds is 6. The van der Waals surface area contributed by atoms with E-state index >= 15 is 8.78 Å². The van der Waals surface area contributed by atoms with Gasteiger partial charge in [-0.25, -0.2) is 26.4 Å². The van der Waals surface area contributed by atoms with E-state index in [2.05, 4.69) is 5.32 Å². The van der Waals surface area contributed by atoms with Crippen molar-refractivity contribution in [3.8, 4) is 11.1 Å². The summed E-state index contributed by atoms with van der Waals surface area (Å²) in [5.41, 5.74) is -2.02. The van der Waals surface area contributed by atoms with Crippen LogP contribution in [0, 0.1) is 17.5 Å². The van der Waals surface area contributed by atoms with E-state index in [1.807, 2.05) is 5.32 Å². The minimum absolute atomic E-state index is 0.0260. The zero-order valence-corrected chi connectivity index (χ0v) is 21.5. The molecule has 212 valence electrons. The Morgan fingerprint density at radius 2 is 1.70 bits per heavy atom. The Morgan fingerprint density at radius 3 is 2.35 bits per heavy atom. The van der Waals surface area contributed by atoms with E-state index in [0.29, 0.717) is 12.1 Å². The molecule has 1 aliphatic rings. The van der Waals surface area contributed by atoms with Gasteiger partial charge < -0.3 is 15.5 Å². The molecule has 2 N–H and O–H groups in total. The normalized spacial score (nSPS) is 15.8. The molecular formula is C26H21F6N3O4S. The first-order valence-corrected chi connectivity index (χ1v) is 13.7. The molecular weight excluding hydrogens is 564 g/mol. The molecule has 40 heavy (non-hydrogen) atoms. The Bertz CT molecular complexity index is 1590. The molecule has 0 saturated carbocycles. The van der Waals surface area contributed by atoms with Gasteiger partial charge in [-0.2, -0.15) is 13.2 Å². The van der Waals surface area contributed by atoms with Crippen molar-refractivity contribution in [1.82, 2.24) is 5.32 Å². The second-order valence-electron chi connectivity index (χ2n) is 9.11. The molecule has 7 nitrogen and oxygen atoms in total. The average molecular weight is 586 g/mol. The standard InChI is InChI=1S/C26H21F6N3O4S/c1-40(38,39)13-14-4-2-3-5-16(14)17-7-9-21(23(29)22(17)28)35-11-10-20(24(35)36)34-25(37)33-19-8-6-15(12-18(19)27)26(30,31)32/h2-9,12,20H,10-11,13H2,1H3,(H2,33,34,37)/t20-/m1/s1. The fourth-order valence-electron chi connectivity index (χ4n) is 4.31. The first-order chi connectivity index (χ1) is 18.7. The van der Waals surface area contributed by atoms with Gasteiger partial charge in [-0.15, -0.1) is 0 Å². The summed E-state index contributed by atoms with van der Waals surface area (Å²) in [6, 6.07) is 7.57. The molecule has 0 bridgehead atoms. The summed E-state index contributed by atoms with van der Waals surface area (Å²) in [6.07, 6.45) is -3.80. The third kappa shape index (κ3) is 6.22. The van der Waals surface area contributed by atoms with Crippen LogP contribution in [0.4, 0.5) is 42.5 Å². The average Bonchev–Trinajstić information content (AvgIpc) is 3.20. The molecule has 14 heteroatoms. The lowest BCUT2D eigenvalue weighted by molar-refractivity contribution is -0.137. The Kier molecular flexibility index (Phi) is 7.83. The lowest BCUT2D eigenvalue weighted by Crippen LogP contribution is -2.43. The summed E-state index contributed by atoms with van der Waals surface area (Å²) in [4.78, 5) is 26.1. The van der Waals surface area contributed by atoms with E-state index in [1.165, 1.54) is 24.3 Å². The Balaban J connectivity index is 1.49. The number of carbonyl (C=O) groups is 2. The van der Waals surface area contributed by atoms with E-state index in [4.69, 9.17) is 0 Å². The van der Waals surface area contributed by atoms with Crippen LogP contribution in [-0.4, -0.2) is 39.2 Å². The van der Waals surface area contributed by atoms with Crippen LogP contribution in [0.2, 0.25) is 0 Å². The van der Waals surface area contributed by atoms with Crippen molar-refractivity contribution in [2.75, 3.05) is 23.0 Å². The van der Waals surface area contributed by atoms with Gasteiger partial charge in [0, 0.05) is 18.4 Å². The van der Waals surface area contributed by atoms with Gasteiger partial charge in [-0.05, 0) is 47.9 Å². The van der Waals surface area contributed by atoms with Crippen molar-refractivity contribution < 1.29 is 44.3 Å². The maximum Gasteiger partial charge on any atom is 0.416 e. The maximum absolute atomic E-state index is 15.2. The van der Waals surface area contributed by atoms with Crippen LogP contribution >= 0.6 is 0 Å². The number of hydrogen-bond donors (Lipinski definition) is 2. The highest BCUT2D eigenvalue weighted by molar-refractivity contribution is 7.89. The third-order valence-corrected chi connectivity index (χ3v) is 6.97. The Labute approximate surface area is 224 Å². The van der Waals surface area contributed by atoms with Crippen LogP contribution in [0.3, 0.4) is 0 Å². The van der Waals surface area contributed by atoms with Gasteiger partial charge in [0.05, 0.1) is 22.7 Å². The second kappa shape index (κ2) is 10.8. The van der Waals surface area contributed by atoms with Gasteiger partial charge >= 0.3 is 12.2 Å². The number of amides is 3. The minimum Gasteiger partial charge on any atom is -0.326 e. The van der Waals surface area contributed by atoms with Crippen molar-refractivity contribution in [2.45, 2.75) is 24.4 Å². The van der Waals surface area contributed by atoms with Gasteiger partial charge in [0.2, 0.25) is 5.91 Å². The molecule has 0 unspecified atom stereocenters. The summed E-state index contributed by atoms with van der Waals surface area (Å²) in [5, 5.41) is 4.26. The molecule has 0 radical (unpaired) electrons. The lowest BCUT2D eigenvalue weighted by atomic mass is 9.99. The number of sulfone groups is 1. The smallest absolute Gasteiger partial charge is 0.326 e. The highest BCUT2D eigenvalue weighted by Crippen LogP contribution is 2.35. The van der Waals surface area contributed by atoms with Crippen LogP contribution in [0.1, 0.15) is 17.5 Å². The number of urea groups is 1. The van der Waals surface area contributed by atoms with Gasteiger partial charge in [-0.1, -0.05) is 24.3 Å². The molecule has 0 aliphatic carbocycles. The second-order valence-corrected chi connectivity index (χ2v) is 11.2. The van der Waals surface area contributed by atoms with Crippen LogP contribution in [0.15, 0.2) is 54.6 Å². The molecule has 1 aliphatic heterocycles. The number of alkyl halides is 3. The predicted molar refractivity (Wildman–Crippen MR) is 135 cm³/mol. The van der Waals surface area contributed by atoms with Crippen molar-refractivity contribution in [2.24, 2.45) is 0 Å². The fourth-order valence-corrected chi connectivity index (χ4v) is 5.13. The van der Waals surface area contributed by atoms with Crippen molar-refractivity contribution in [1.29, 1.82) is 0 Å². The van der Waals surface area contributed by atoms with Gasteiger partial charge in [0.1, 0.15) is 11.9 Å². The number of nitrogens with zero attached hydrogens (tertiary/aromatic N) is 1. The summed E-state index contributed by atoms with van der Waals surface area (Å²) in [5.74, 6) is -5.22. The van der Waals surface area contributed by atoms with Gasteiger partial charge in [-0.3, -0.25) is 4.79 Å². The Hall–Kier alpha value is -4.07. The number of nitrogens with one attached hydrogen (secondary N) is 2. The quantitative estimate of drug-likeness (QED) is 0.386. The van der Waals surface area contributed by atoms with E-state index in [9.17, 15) is 35.6 Å². The first kappa shape index (κ1) is 28.9. The van der Waals surface area contributed by atoms with Crippen LogP contribution in [-0.2, 0) is 26.6 Å².